The number of carboxylic acids is 2. The first-order valence-electron chi connectivity index (χ1n) is 12.4. The van der Waals surface area contributed by atoms with Crippen molar-refractivity contribution in [2.45, 2.75) is 99.5 Å². The van der Waals surface area contributed by atoms with Crippen molar-refractivity contribution in [2.24, 2.45) is 11.3 Å². The second-order valence-corrected chi connectivity index (χ2v) is 10.2. The zero-order valence-electron chi connectivity index (χ0n) is 22.0. The Bertz CT molecular complexity index is 585. The van der Waals surface area contributed by atoms with Crippen LogP contribution in [0.5, 0.6) is 0 Å². The summed E-state index contributed by atoms with van der Waals surface area (Å²) in [6.07, 6.45) is 9.37. The van der Waals surface area contributed by atoms with Gasteiger partial charge in [0.05, 0.1) is 0 Å². The third-order valence-electron chi connectivity index (χ3n) is 7.10. The second kappa shape index (κ2) is 15.4. The maximum Gasteiger partial charge on any atom is 0.414 e. The van der Waals surface area contributed by atoms with E-state index in [2.05, 4.69) is 65.3 Å². The quantitative estimate of drug-likeness (QED) is 0.298. The minimum absolute atomic E-state index is 0.436. The first kappa shape index (κ1) is 30.6. The van der Waals surface area contributed by atoms with Gasteiger partial charge in [0.15, 0.2) is 0 Å². The predicted molar refractivity (Wildman–Crippen MR) is 133 cm³/mol. The Kier molecular flexibility index (Phi) is 14.8. The number of carboxylic acid groups (broad SMARTS) is 2. The molecule has 1 rings (SSSR count). The Morgan fingerprint density at radius 1 is 1.06 bits per heavy atom. The van der Waals surface area contributed by atoms with Crippen LogP contribution in [0.4, 0.5) is 0 Å². The molecule has 0 fully saturated rings. The molecule has 32 heavy (non-hydrogen) atoms. The van der Waals surface area contributed by atoms with Crippen molar-refractivity contribution in [3.05, 3.63) is 11.1 Å². The van der Waals surface area contributed by atoms with Crippen molar-refractivity contribution in [2.75, 3.05) is 33.2 Å². The molecule has 0 saturated heterocycles. The maximum absolute atomic E-state index is 9.10. The fourth-order valence-corrected chi connectivity index (χ4v) is 4.75. The van der Waals surface area contributed by atoms with E-state index < -0.39 is 11.9 Å². The van der Waals surface area contributed by atoms with Gasteiger partial charge in [0.25, 0.3) is 0 Å². The third kappa shape index (κ3) is 12.0. The van der Waals surface area contributed by atoms with E-state index in [1.165, 1.54) is 71.1 Å². The summed E-state index contributed by atoms with van der Waals surface area (Å²) >= 11 is 0. The van der Waals surface area contributed by atoms with Crippen LogP contribution in [0.3, 0.4) is 0 Å². The zero-order chi connectivity index (χ0) is 24.9. The lowest BCUT2D eigenvalue weighted by Crippen LogP contribution is -2.34. The van der Waals surface area contributed by atoms with Gasteiger partial charge in [0.1, 0.15) is 0 Å². The highest BCUT2D eigenvalue weighted by Crippen LogP contribution is 2.42. The average molecular weight is 455 g/mol. The lowest BCUT2D eigenvalue weighted by Gasteiger charge is -2.35. The van der Waals surface area contributed by atoms with E-state index in [0.717, 1.165) is 5.92 Å². The molecular weight excluding hydrogens is 404 g/mol. The van der Waals surface area contributed by atoms with Gasteiger partial charge < -0.3 is 20.0 Å². The Morgan fingerprint density at radius 3 is 2.09 bits per heavy atom. The molecule has 0 heterocycles. The number of hydrogen-bond acceptors (Lipinski definition) is 4. The summed E-state index contributed by atoms with van der Waals surface area (Å²) in [7, 11) is 2.33. The van der Waals surface area contributed by atoms with Gasteiger partial charge in [-0.1, -0.05) is 45.8 Å². The summed E-state index contributed by atoms with van der Waals surface area (Å²) in [6.45, 7) is 21.5. The normalized spacial score (nSPS) is 17.7. The standard InChI is InChI=1S/C24H48N2.C2H2O4/c1-9-26(10-2)18-12-14-22(5)25(8)19-20(3)15-16-23-21(4)13-11-17-24(23,6)7;3-1(4)2(5)6/h20,22H,9-19H2,1-8H3;(H,3,4)(H,5,6). The fraction of sp³-hybridized carbons (Fsp3) is 0.846. The topological polar surface area (TPSA) is 81.1 Å². The lowest BCUT2D eigenvalue weighted by molar-refractivity contribution is -0.159. The van der Waals surface area contributed by atoms with Gasteiger partial charge in [-0.15, -0.1) is 0 Å². The van der Waals surface area contributed by atoms with Crippen LogP contribution in [0.15, 0.2) is 11.1 Å². The molecule has 0 aliphatic heterocycles. The molecule has 1 aliphatic carbocycles. The van der Waals surface area contributed by atoms with Gasteiger partial charge in [-0.3, -0.25) is 0 Å². The Hall–Kier alpha value is -1.40. The van der Waals surface area contributed by atoms with Crippen molar-refractivity contribution >= 4 is 11.9 Å². The predicted octanol–water partition coefficient (Wildman–Crippen LogP) is 5.53. The molecule has 2 N–H and O–H groups in total. The van der Waals surface area contributed by atoms with Crippen molar-refractivity contribution in [1.29, 1.82) is 0 Å². The van der Waals surface area contributed by atoms with Gasteiger partial charge in [-0.05, 0) is 96.8 Å². The molecule has 2 unspecified atom stereocenters. The number of rotatable bonds is 12. The van der Waals surface area contributed by atoms with Gasteiger partial charge in [-0.25, -0.2) is 9.59 Å². The first-order valence-corrected chi connectivity index (χ1v) is 12.4. The number of carbonyl (C=O) groups is 2. The van der Waals surface area contributed by atoms with E-state index in [4.69, 9.17) is 19.8 Å². The smallest absolute Gasteiger partial charge is 0.414 e. The molecule has 2 atom stereocenters. The van der Waals surface area contributed by atoms with Crippen molar-refractivity contribution < 1.29 is 19.8 Å². The highest BCUT2D eigenvalue weighted by Gasteiger charge is 2.28. The van der Waals surface area contributed by atoms with Gasteiger partial charge in [0, 0.05) is 12.6 Å². The van der Waals surface area contributed by atoms with Crippen LogP contribution in [0, 0.1) is 11.3 Å². The monoisotopic (exact) mass is 454 g/mol. The molecule has 1 aliphatic rings. The zero-order valence-corrected chi connectivity index (χ0v) is 22.0. The first-order chi connectivity index (χ1) is 14.8. The average Bonchev–Trinajstić information content (AvgIpc) is 2.70. The van der Waals surface area contributed by atoms with Gasteiger partial charge in [-0.2, -0.15) is 0 Å². The van der Waals surface area contributed by atoms with Gasteiger partial charge >= 0.3 is 11.9 Å². The fourth-order valence-electron chi connectivity index (χ4n) is 4.75. The number of allylic oxidation sites excluding steroid dienone is 2. The Labute approximate surface area is 197 Å². The van der Waals surface area contributed by atoms with Crippen LogP contribution in [0.25, 0.3) is 0 Å². The van der Waals surface area contributed by atoms with Crippen LogP contribution in [-0.4, -0.2) is 71.2 Å². The third-order valence-corrected chi connectivity index (χ3v) is 7.10. The number of nitrogens with zero attached hydrogens (tertiary/aromatic N) is 2. The van der Waals surface area contributed by atoms with Crippen molar-refractivity contribution in [3.8, 4) is 0 Å². The molecule has 0 saturated carbocycles. The van der Waals surface area contributed by atoms with Gasteiger partial charge in [0.2, 0.25) is 0 Å². The van der Waals surface area contributed by atoms with E-state index in [9.17, 15) is 0 Å². The molecule has 0 aromatic heterocycles. The van der Waals surface area contributed by atoms with Crippen LogP contribution < -0.4 is 0 Å². The van der Waals surface area contributed by atoms with Crippen molar-refractivity contribution in [3.63, 3.8) is 0 Å². The summed E-state index contributed by atoms with van der Waals surface area (Å²) < 4.78 is 0. The van der Waals surface area contributed by atoms with E-state index in [-0.39, 0.29) is 0 Å². The molecular formula is C26H50N2O4. The van der Waals surface area contributed by atoms with Crippen LogP contribution in [-0.2, 0) is 9.59 Å². The molecule has 188 valence electrons. The molecule has 6 heteroatoms. The summed E-state index contributed by atoms with van der Waals surface area (Å²) in [4.78, 5) is 23.3. The van der Waals surface area contributed by atoms with Crippen LogP contribution >= 0.6 is 0 Å². The molecule has 6 nitrogen and oxygen atoms in total. The SMILES string of the molecule is CCN(CC)CCCC(C)N(C)CC(C)CCC1=C(C)CCCC1(C)C.O=C(O)C(=O)O. The largest absolute Gasteiger partial charge is 0.473 e. The van der Waals surface area contributed by atoms with E-state index >= 15 is 0 Å². The molecule has 0 amide bonds. The summed E-state index contributed by atoms with van der Waals surface area (Å²) in [6, 6.07) is 0.695. The lowest BCUT2D eigenvalue weighted by atomic mass is 9.71. The highest BCUT2D eigenvalue weighted by molar-refractivity contribution is 6.27. The second-order valence-electron chi connectivity index (χ2n) is 10.2. The minimum atomic E-state index is -1.82. The highest BCUT2D eigenvalue weighted by atomic mass is 16.4. The van der Waals surface area contributed by atoms with Crippen LogP contribution in [0.1, 0.15) is 93.4 Å². The van der Waals surface area contributed by atoms with E-state index in [1.807, 2.05) is 0 Å². The van der Waals surface area contributed by atoms with Crippen LogP contribution in [0.2, 0.25) is 0 Å². The molecule has 0 spiro atoms. The van der Waals surface area contributed by atoms with E-state index in [0.29, 0.717) is 11.5 Å². The molecule has 0 aromatic rings. The molecule has 0 bridgehead atoms. The minimum Gasteiger partial charge on any atom is -0.473 e. The van der Waals surface area contributed by atoms with Crippen molar-refractivity contribution in [1.82, 2.24) is 9.80 Å². The van der Waals surface area contributed by atoms with E-state index in [1.54, 1.807) is 11.1 Å². The molecule has 0 radical (unpaired) electrons. The number of hydrogen-bond donors (Lipinski definition) is 2. The maximum atomic E-state index is 9.10. The summed E-state index contributed by atoms with van der Waals surface area (Å²) in [5.74, 6) is -2.87. The molecule has 0 aromatic carbocycles. The summed E-state index contributed by atoms with van der Waals surface area (Å²) in [5.41, 5.74) is 3.89. The Morgan fingerprint density at radius 2 is 1.62 bits per heavy atom. The Balaban J connectivity index is 0.00000140. The summed E-state index contributed by atoms with van der Waals surface area (Å²) in [5, 5.41) is 14.8. The number of aliphatic carboxylic acids is 2.